The molecule has 0 heterocycles. The molecule has 3 N–H and O–H groups in total. The normalized spacial score (nSPS) is 26.1. The number of hydrogen-bond acceptors (Lipinski definition) is 3. The van der Waals surface area contributed by atoms with Crippen molar-refractivity contribution < 1.29 is 10.0 Å². The van der Waals surface area contributed by atoms with Crippen molar-refractivity contribution in [2.75, 3.05) is 13.1 Å². The Morgan fingerprint density at radius 2 is 1.80 bits per heavy atom. The van der Waals surface area contributed by atoms with Crippen molar-refractivity contribution in [3.8, 4) is 0 Å². The molecule has 1 rings (SSSR count). The molecule has 0 saturated heterocycles. The molecule has 1 aliphatic rings. The molecule has 0 aliphatic heterocycles. The summed E-state index contributed by atoms with van der Waals surface area (Å²) in [6.45, 7) is 7.87. The molecule has 1 amide bonds. The minimum absolute atomic E-state index is 0.0489. The third-order valence-electron chi connectivity index (χ3n) is 4.25. The second kappa shape index (κ2) is 7.50. The molecule has 1 aliphatic carbocycles. The van der Waals surface area contributed by atoms with Crippen LogP contribution in [0.15, 0.2) is 5.16 Å². The predicted molar refractivity (Wildman–Crippen MR) is 80.6 cm³/mol. The van der Waals surface area contributed by atoms with E-state index in [1.807, 2.05) is 4.90 Å². The number of unbranched alkanes of at least 4 members (excludes halogenated alkanes) is 2. The molecule has 0 atom stereocenters. The number of nitrogens with two attached hydrogens (primary N) is 1. The molecule has 116 valence electrons. The highest BCUT2D eigenvalue weighted by molar-refractivity contribution is 6.07. The Kier molecular flexibility index (Phi) is 6.30. The van der Waals surface area contributed by atoms with Crippen LogP contribution in [0.3, 0.4) is 0 Å². The van der Waals surface area contributed by atoms with Crippen LogP contribution in [0.4, 0.5) is 0 Å². The summed E-state index contributed by atoms with van der Waals surface area (Å²) in [5.41, 5.74) is 5.07. The summed E-state index contributed by atoms with van der Waals surface area (Å²) in [4.78, 5) is 14.8. The first-order valence-corrected chi connectivity index (χ1v) is 7.79. The standard InChI is InChI=1S/C15H29N3O2/c1-4-6-8-18(9-7-5-2)14(19)15(13(16)17-20)10-12(3)11-15/h12,20H,4-11H2,1-3H3,(H2,16,17). The molecule has 0 radical (unpaired) electrons. The van der Waals surface area contributed by atoms with Gasteiger partial charge in [0.15, 0.2) is 5.84 Å². The maximum Gasteiger partial charge on any atom is 0.236 e. The lowest BCUT2D eigenvalue weighted by atomic mass is 9.61. The minimum atomic E-state index is -0.754. The third-order valence-corrected chi connectivity index (χ3v) is 4.25. The van der Waals surface area contributed by atoms with E-state index >= 15 is 0 Å². The van der Waals surface area contributed by atoms with Gasteiger partial charge in [-0.25, -0.2) is 0 Å². The maximum atomic E-state index is 12.9. The molecule has 5 heteroatoms. The van der Waals surface area contributed by atoms with Gasteiger partial charge in [-0.2, -0.15) is 0 Å². The van der Waals surface area contributed by atoms with Crippen LogP contribution >= 0.6 is 0 Å². The van der Waals surface area contributed by atoms with Crippen molar-refractivity contribution in [2.45, 2.75) is 59.3 Å². The Balaban J connectivity index is 2.84. The van der Waals surface area contributed by atoms with Crippen LogP contribution in [0.1, 0.15) is 59.3 Å². The van der Waals surface area contributed by atoms with E-state index in [-0.39, 0.29) is 11.7 Å². The molecule has 0 aromatic heterocycles. The zero-order valence-corrected chi connectivity index (χ0v) is 13.1. The highest BCUT2D eigenvalue weighted by Gasteiger charge is 2.53. The number of amidine groups is 1. The van der Waals surface area contributed by atoms with E-state index in [1.54, 1.807) is 0 Å². The van der Waals surface area contributed by atoms with Gasteiger partial charge in [-0.05, 0) is 31.6 Å². The Morgan fingerprint density at radius 3 is 2.15 bits per heavy atom. The van der Waals surface area contributed by atoms with Crippen LogP contribution in [-0.2, 0) is 4.79 Å². The number of carbonyl (C=O) groups excluding carboxylic acids is 1. The summed E-state index contributed by atoms with van der Waals surface area (Å²) >= 11 is 0. The monoisotopic (exact) mass is 283 g/mol. The molecular weight excluding hydrogens is 254 g/mol. The van der Waals surface area contributed by atoms with E-state index in [0.717, 1.165) is 38.8 Å². The van der Waals surface area contributed by atoms with Crippen molar-refractivity contribution in [1.82, 2.24) is 4.90 Å². The zero-order valence-electron chi connectivity index (χ0n) is 13.1. The van der Waals surface area contributed by atoms with Gasteiger partial charge in [0.05, 0.1) is 0 Å². The molecular formula is C15H29N3O2. The summed E-state index contributed by atoms with van der Waals surface area (Å²) in [5, 5.41) is 12.1. The third kappa shape index (κ3) is 3.44. The van der Waals surface area contributed by atoms with E-state index < -0.39 is 5.41 Å². The Bertz CT molecular complexity index is 341. The fourth-order valence-electron chi connectivity index (χ4n) is 3.03. The minimum Gasteiger partial charge on any atom is -0.409 e. The first-order valence-electron chi connectivity index (χ1n) is 7.79. The average molecular weight is 283 g/mol. The fourth-order valence-corrected chi connectivity index (χ4v) is 3.03. The van der Waals surface area contributed by atoms with Gasteiger partial charge in [0.1, 0.15) is 5.41 Å². The van der Waals surface area contributed by atoms with E-state index in [1.165, 1.54) is 0 Å². The van der Waals surface area contributed by atoms with Gasteiger partial charge in [-0.1, -0.05) is 38.8 Å². The lowest BCUT2D eigenvalue weighted by Crippen LogP contribution is -2.58. The van der Waals surface area contributed by atoms with Gasteiger partial charge in [-0.3, -0.25) is 4.79 Å². The van der Waals surface area contributed by atoms with Gasteiger partial charge in [0, 0.05) is 13.1 Å². The number of oxime groups is 1. The number of hydrogen-bond donors (Lipinski definition) is 2. The van der Waals surface area contributed by atoms with Crippen LogP contribution in [0.2, 0.25) is 0 Å². The highest BCUT2D eigenvalue weighted by Crippen LogP contribution is 2.47. The molecule has 0 unspecified atom stereocenters. The number of rotatable bonds is 8. The molecule has 5 nitrogen and oxygen atoms in total. The van der Waals surface area contributed by atoms with Gasteiger partial charge in [-0.15, -0.1) is 0 Å². The SMILES string of the molecule is CCCCN(CCCC)C(=O)C1(C(N)=NO)CC(C)C1. The Hall–Kier alpha value is -1.26. The van der Waals surface area contributed by atoms with E-state index in [0.29, 0.717) is 18.8 Å². The molecule has 0 bridgehead atoms. The summed E-state index contributed by atoms with van der Waals surface area (Å²) in [7, 11) is 0. The molecule has 0 aromatic rings. The number of nitrogens with zero attached hydrogens (tertiary/aromatic N) is 2. The quantitative estimate of drug-likeness (QED) is 0.311. The smallest absolute Gasteiger partial charge is 0.236 e. The largest absolute Gasteiger partial charge is 0.409 e. The topological polar surface area (TPSA) is 78.9 Å². The summed E-state index contributed by atoms with van der Waals surface area (Å²) < 4.78 is 0. The van der Waals surface area contributed by atoms with Crippen molar-refractivity contribution in [3.63, 3.8) is 0 Å². The molecule has 0 aromatic carbocycles. The predicted octanol–water partition coefficient (Wildman–Crippen LogP) is 2.58. The van der Waals surface area contributed by atoms with Crippen LogP contribution in [-0.4, -0.2) is 34.9 Å². The van der Waals surface area contributed by atoms with E-state index in [4.69, 9.17) is 10.9 Å². The fraction of sp³-hybridized carbons (Fsp3) is 0.867. The summed E-state index contributed by atoms with van der Waals surface area (Å²) in [6, 6.07) is 0. The molecule has 1 fully saturated rings. The Morgan fingerprint density at radius 1 is 1.30 bits per heavy atom. The zero-order chi connectivity index (χ0) is 15.2. The van der Waals surface area contributed by atoms with Crippen LogP contribution in [0, 0.1) is 11.3 Å². The van der Waals surface area contributed by atoms with Crippen LogP contribution in [0.25, 0.3) is 0 Å². The molecule has 1 saturated carbocycles. The van der Waals surface area contributed by atoms with Crippen molar-refractivity contribution >= 4 is 11.7 Å². The summed E-state index contributed by atoms with van der Waals surface area (Å²) in [6.07, 6.45) is 5.49. The molecule has 0 spiro atoms. The van der Waals surface area contributed by atoms with Gasteiger partial charge >= 0.3 is 0 Å². The van der Waals surface area contributed by atoms with Crippen molar-refractivity contribution in [2.24, 2.45) is 22.2 Å². The lowest BCUT2D eigenvalue weighted by Gasteiger charge is -2.46. The molecule has 20 heavy (non-hydrogen) atoms. The van der Waals surface area contributed by atoms with Gasteiger partial charge in [0.25, 0.3) is 0 Å². The highest BCUT2D eigenvalue weighted by atomic mass is 16.4. The van der Waals surface area contributed by atoms with Crippen molar-refractivity contribution in [3.05, 3.63) is 0 Å². The van der Waals surface area contributed by atoms with Crippen LogP contribution in [0.5, 0.6) is 0 Å². The Labute approximate surface area is 122 Å². The first-order chi connectivity index (χ1) is 9.51. The average Bonchev–Trinajstić information content (AvgIpc) is 2.42. The van der Waals surface area contributed by atoms with E-state index in [2.05, 4.69) is 25.9 Å². The maximum absolute atomic E-state index is 12.9. The summed E-state index contributed by atoms with van der Waals surface area (Å²) in [5.74, 6) is 0.588. The second-order valence-corrected chi connectivity index (χ2v) is 6.08. The van der Waals surface area contributed by atoms with E-state index in [9.17, 15) is 4.79 Å². The van der Waals surface area contributed by atoms with Gasteiger partial charge < -0.3 is 15.8 Å². The second-order valence-electron chi connectivity index (χ2n) is 6.08. The first kappa shape index (κ1) is 16.8. The lowest BCUT2D eigenvalue weighted by molar-refractivity contribution is -0.144. The number of carbonyl (C=O) groups is 1. The van der Waals surface area contributed by atoms with Crippen LogP contribution < -0.4 is 5.73 Å². The number of amides is 1. The van der Waals surface area contributed by atoms with Gasteiger partial charge in [0.2, 0.25) is 5.91 Å². The van der Waals surface area contributed by atoms with Crippen molar-refractivity contribution in [1.29, 1.82) is 0 Å².